The number of aliphatic hydroxyl groups excluding tert-OH is 1. The summed E-state index contributed by atoms with van der Waals surface area (Å²) >= 11 is 0. The SMILES string of the molecule is CC(O)c1ccccc1NC1CCC(C)c2ccccc21. The largest absolute Gasteiger partial charge is 0.389 e. The molecule has 3 unspecified atom stereocenters. The van der Waals surface area contributed by atoms with E-state index in [0.717, 1.165) is 17.7 Å². The topological polar surface area (TPSA) is 32.3 Å². The van der Waals surface area contributed by atoms with Crippen LogP contribution in [0.1, 0.15) is 61.4 Å². The molecule has 0 fully saturated rings. The maximum Gasteiger partial charge on any atom is 0.0781 e. The minimum Gasteiger partial charge on any atom is -0.389 e. The summed E-state index contributed by atoms with van der Waals surface area (Å²) in [6, 6.07) is 17.1. The molecule has 0 aliphatic heterocycles. The minimum absolute atomic E-state index is 0.331. The van der Waals surface area contributed by atoms with Crippen molar-refractivity contribution in [3.05, 3.63) is 65.2 Å². The first-order chi connectivity index (χ1) is 10.2. The number of rotatable bonds is 3. The van der Waals surface area contributed by atoms with Gasteiger partial charge in [-0.05, 0) is 42.9 Å². The summed E-state index contributed by atoms with van der Waals surface area (Å²) < 4.78 is 0. The van der Waals surface area contributed by atoms with Gasteiger partial charge in [0.25, 0.3) is 0 Å². The summed E-state index contributed by atoms with van der Waals surface area (Å²) in [4.78, 5) is 0. The van der Waals surface area contributed by atoms with Crippen LogP contribution in [0.5, 0.6) is 0 Å². The lowest BCUT2D eigenvalue weighted by atomic mass is 9.81. The van der Waals surface area contributed by atoms with Crippen LogP contribution < -0.4 is 5.32 Å². The molecule has 0 heterocycles. The normalized spacial score (nSPS) is 22.4. The Bertz CT molecular complexity index is 620. The quantitative estimate of drug-likeness (QED) is 0.847. The molecule has 1 aliphatic rings. The Morgan fingerprint density at radius 3 is 2.43 bits per heavy atom. The van der Waals surface area contributed by atoms with E-state index in [1.165, 1.54) is 17.5 Å². The average Bonchev–Trinajstić information content (AvgIpc) is 2.51. The van der Waals surface area contributed by atoms with Crippen molar-refractivity contribution in [1.29, 1.82) is 0 Å². The van der Waals surface area contributed by atoms with Crippen molar-refractivity contribution in [3.8, 4) is 0 Å². The lowest BCUT2D eigenvalue weighted by Gasteiger charge is -2.31. The fraction of sp³-hybridized carbons (Fsp3) is 0.368. The number of anilines is 1. The van der Waals surface area contributed by atoms with E-state index in [0.29, 0.717) is 12.0 Å². The van der Waals surface area contributed by atoms with Gasteiger partial charge in [-0.25, -0.2) is 0 Å². The van der Waals surface area contributed by atoms with Crippen molar-refractivity contribution in [1.82, 2.24) is 0 Å². The molecule has 2 N–H and O–H groups in total. The van der Waals surface area contributed by atoms with Crippen LogP contribution in [0.3, 0.4) is 0 Å². The highest BCUT2D eigenvalue weighted by atomic mass is 16.3. The highest BCUT2D eigenvalue weighted by Gasteiger charge is 2.24. The van der Waals surface area contributed by atoms with Crippen LogP contribution >= 0.6 is 0 Å². The molecule has 2 nitrogen and oxygen atoms in total. The third-order valence-electron chi connectivity index (χ3n) is 4.53. The molecule has 0 bridgehead atoms. The smallest absolute Gasteiger partial charge is 0.0781 e. The first-order valence-electron chi connectivity index (χ1n) is 7.79. The molecule has 2 heteroatoms. The zero-order valence-corrected chi connectivity index (χ0v) is 12.7. The Morgan fingerprint density at radius 2 is 1.67 bits per heavy atom. The van der Waals surface area contributed by atoms with Gasteiger partial charge < -0.3 is 10.4 Å². The average molecular weight is 281 g/mol. The molecule has 0 saturated carbocycles. The van der Waals surface area contributed by atoms with Crippen LogP contribution in [0.2, 0.25) is 0 Å². The molecule has 0 aromatic heterocycles. The summed E-state index contributed by atoms with van der Waals surface area (Å²) in [6.45, 7) is 4.12. The van der Waals surface area contributed by atoms with Gasteiger partial charge in [-0.3, -0.25) is 0 Å². The first kappa shape index (κ1) is 14.2. The zero-order valence-electron chi connectivity index (χ0n) is 12.7. The fourth-order valence-corrected chi connectivity index (χ4v) is 3.34. The predicted octanol–water partition coefficient (Wildman–Crippen LogP) is 4.79. The molecule has 3 atom stereocenters. The molecule has 2 aromatic carbocycles. The molecule has 21 heavy (non-hydrogen) atoms. The summed E-state index contributed by atoms with van der Waals surface area (Å²) in [7, 11) is 0. The Labute approximate surface area is 126 Å². The molecular weight excluding hydrogens is 258 g/mol. The summed E-state index contributed by atoms with van der Waals surface area (Å²) in [5, 5.41) is 13.6. The monoisotopic (exact) mass is 281 g/mol. The Hall–Kier alpha value is -1.80. The van der Waals surface area contributed by atoms with Gasteiger partial charge in [0.15, 0.2) is 0 Å². The molecule has 110 valence electrons. The summed E-state index contributed by atoms with van der Waals surface area (Å²) in [5.74, 6) is 0.631. The molecule has 1 aliphatic carbocycles. The van der Waals surface area contributed by atoms with Crippen molar-refractivity contribution >= 4 is 5.69 Å². The standard InChI is InChI=1S/C19H23NO/c1-13-11-12-19(17-9-4-3-7-15(13)17)20-18-10-6-5-8-16(18)14(2)21/h3-10,13-14,19-21H,11-12H2,1-2H3. The number of aliphatic hydroxyl groups is 1. The van der Waals surface area contributed by atoms with Gasteiger partial charge in [-0.15, -0.1) is 0 Å². The van der Waals surface area contributed by atoms with Crippen molar-refractivity contribution in [3.63, 3.8) is 0 Å². The fourth-order valence-electron chi connectivity index (χ4n) is 3.34. The number of hydrogen-bond acceptors (Lipinski definition) is 2. The van der Waals surface area contributed by atoms with Gasteiger partial charge in [0, 0.05) is 11.3 Å². The third-order valence-corrected chi connectivity index (χ3v) is 4.53. The van der Waals surface area contributed by atoms with Crippen LogP contribution in [0.4, 0.5) is 5.69 Å². The van der Waals surface area contributed by atoms with E-state index in [2.05, 4.69) is 42.6 Å². The number of benzene rings is 2. The van der Waals surface area contributed by atoms with Gasteiger partial charge in [0.2, 0.25) is 0 Å². The van der Waals surface area contributed by atoms with E-state index in [9.17, 15) is 5.11 Å². The Kier molecular flexibility index (Phi) is 3.98. The number of fused-ring (bicyclic) bond motifs is 1. The number of nitrogens with one attached hydrogen (secondary N) is 1. The van der Waals surface area contributed by atoms with Crippen LogP contribution in [-0.4, -0.2) is 5.11 Å². The van der Waals surface area contributed by atoms with Crippen LogP contribution in [0, 0.1) is 0 Å². The van der Waals surface area contributed by atoms with Gasteiger partial charge in [0.05, 0.1) is 12.1 Å². The molecule has 0 saturated heterocycles. The number of para-hydroxylation sites is 1. The molecule has 3 rings (SSSR count). The minimum atomic E-state index is -0.452. The highest BCUT2D eigenvalue weighted by Crippen LogP contribution is 2.39. The Morgan fingerprint density at radius 1 is 1.00 bits per heavy atom. The third kappa shape index (κ3) is 2.81. The second-order valence-electron chi connectivity index (χ2n) is 6.07. The van der Waals surface area contributed by atoms with Gasteiger partial charge in [0.1, 0.15) is 0 Å². The van der Waals surface area contributed by atoms with Crippen LogP contribution in [0.25, 0.3) is 0 Å². The maximum atomic E-state index is 9.93. The summed E-state index contributed by atoms with van der Waals surface area (Å²) in [6.07, 6.45) is 1.88. The van der Waals surface area contributed by atoms with Gasteiger partial charge >= 0.3 is 0 Å². The van der Waals surface area contributed by atoms with Crippen molar-refractivity contribution in [2.24, 2.45) is 0 Å². The molecule has 0 spiro atoms. The second kappa shape index (κ2) is 5.90. The Balaban J connectivity index is 1.92. The van der Waals surface area contributed by atoms with Crippen molar-refractivity contribution < 1.29 is 5.11 Å². The van der Waals surface area contributed by atoms with E-state index in [1.807, 2.05) is 25.1 Å². The van der Waals surface area contributed by atoms with Crippen LogP contribution in [-0.2, 0) is 0 Å². The van der Waals surface area contributed by atoms with Crippen molar-refractivity contribution in [2.45, 2.75) is 44.8 Å². The highest BCUT2D eigenvalue weighted by molar-refractivity contribution is 5.54. The maximum absolute atomic E-state index is 9.93. The van der Waals surface area contributed by atoms with Gasteiger partial charge in [-0.1, -0.05) is 49.4 Å². The van der Waals surface area contributed by atoms with E-state index in [-0.39, 0.29) is 0 Å². The van der Waals surface area contributed by atoms with Crippen LogP contribution in [0.15, 0.2) is 48.5 Å². The van der Waals surface area contributed by atoms with Crippen molar-refractivity contribution in [2.75, 3.05) is 5.32 Å². The summed E-state index contributed by atoms with van der Waals surface area (Å²) in [5.41, 5.74) is 4.86. The van der Waals surface area contributed by atoms with E-state index in [1.54, 1.807) is 0 Å². The zero-order chi connectivity index (χ0) is 14.8. The van der Waals surface area contributed by atoms with Gasteiger partial charge in [-0.2, -0.15) is 0 Å². The number of hydrogen-bond donors (Lipinski definition) is 2. The van der Waals surface area contributed by atoms with E-state index >= 15 is 0 Å². The van der Waals surface area contributed by atoms with E-state index < -0.39 is 6.10 Å². The lowest BCUT2D eigenvalue weighted by molar-refractivity contribution is 0.200. The van der Waals surface area contributed by atoms with E-state index in [4.69, 9.17) is 0 Å². The molecule has 2 aromatic rings. The molecule has 0 radical (unpaired) electrons. The second-order valence-corrected chi connectivity index (χ2v) is 6.07. The first-order valence-corrected chi connectivity index (χ1v) is 7.79. The predicted molar refractivity (Wildman–Crippen MR) is 87.5 cm³/mol. The molecular formula is C19H23NO. The molecule has 0 amide bonds. The lowest BCUT2D eigenvalue weighted by Crippen LogP contribution is -2.20.